The van der Waals surface area contributed by atoms with Gasteiger partial charge in [0, 0.05) is 24.5 Å². The van der Waals surface area contributed by atoms with Crippen LogP contribution in [0.3, 0.4) is 0 Å². The molecule has 1 atom stereocenters. The summed E-state index contributed by atoms with van der Waals surface area (Å²) in [7, 11) is 0. The van der Waals surface area contributed by atoms with Crippen molar-refractivity contribution in [3.63, 3.8) is 0 Å². The zero-order valence-electron chi connectivity index (χ0n) is 20.4. The molecular weight excluding hydrogens is 464 g/mol. The summed E-state index contributed by atoms with van der Waals surface area (Å²) in [5.74, 6) is -0.934. The Morgan fingerprint density at radius 3 is 2.32 bits per heavy atom. The zero-order chi connectivity index (χ0) is 25.8. The maximum Gasteiger partial charge on any atom is 0.295 e. The van der Waals surface area contributed by atoms with Crippen molar-refractivity contribution in [2.45, 2.75) is 26.1 Å². The van der Waals surface area contributed by atoms with Gasteiger partial charge in [-0.15, -0.1) is 0 Å². The molecule has 6 heteroatoms. The highest BCUT2D eigenvalue weighted by Gasteiger charge is 2.46. The average Bonchev–Trinajstić information content (AvgIpc) is 3.18. The molecule has 0 saturated carbocycles. The summed E-state index contributed by atoms with van der Waals surface area (Å²) >= 11 is 0. The number of hydrogen-bond donors (Lipinski definition) is 1. The molecule has 37 heavy (non-hydrogen) atoms. The Morgan fingerprint density at radius 2 is 1.62 bits per heavy atom. The van der Waals surface area contributed by atoms with Crippen LogP contribution in [-0.4, -0.2) is 26.7 Å². The lowest BCUT2D eigenvalue weighted by Crippen LogP contribution is -2.29. The molecule has 5 rings (SSSR count). The van der Waals surface area contributed by atoms with Gasteiger partial charge in [-0.1, -0.05) is 60.2 Å². The van der Waals surface area contributed by atoms with E-state index in [2.05, 4.69) is 11.1 Å². The number of Topliss-reactive ketones (excluding diaryl/α,β-unsaturated/α-hetero) is 1. The number of hydrogen-bond acceptors (Lipinski definition) is 5. The molecule has 1 amide bonds. The first kappa shape index (κ1) is 24.0. The Labute approximate surface area is 215 Å². The van der Waals surface area contributed by atoms with Crippen molar-refractivity contribution in [3.8, 4) is 5.75 Å². The number of aliphatic hydroxyl groups is 1. The molecular formula is C31H26N2O4. The molecule has 1 N–H and O–H groups in total. The van der Waals surface area contributed by atoms with Gasteiger partial charge in [-0.2, -0.15) is 0 Å². The lowest BCUT2D eigenvalue weighted by Gasteiger charge is -2.25. The Morgan fingerprint density at radius 1 is 0.892 bits per heavy atom. The zero-order valence-corrected chi connectivity index (χ0v) is 20.4. The van der Waals surface area contributed by atoms with Crippen molar-refractivity contribution < 1.29 is 19.4 Å². The van der Waals surface area contributed by atoms with E-state index in [4.69, 9.17) is 4.74 Å². The topological polar surface area (TPSA) is 79.7 Å². The molecule has 184 valence electrons. The summed E-state index contributed by atoms with van der Waals surface area (Å²) in [5.41, 5.74) is 4.31. The van der Waals surface area contributed by atoms with Gasteiger partial charge >= 0.3 is 0 Å². The van der Waals surface area contributed by atoms with E-state index >= 15 is 0 Å². The van der Waals surface area contributed by atoms with Gasteiger partial charge in [-0.3, -0.25) is 14.6 Å². The Kier molecular flexibility index (Phi) is 6.81. The monoisotopic (exact) mass is 490 g/mol. The van der Waals surface area contributed by atoms with E-state index in [0.717, 1.165) is 22.3 Å². The van der Waals surface area contributed by atoms with Crippen LogP contribution < -0.4 is 4.74 Å². The number of pyridine rings is 1. The lowest BCUT2D eigenvalue weighted by atomic mass is 9.95. The second kappa shape index (κ2) is 10.5. The maximum atomic E-state index is 13.2. The molecule has 0 aliphatic carbocycles. The second-order valence-electron chi connectivity index (χ2n) is 9.00. The standard InChI is InChI=1S/C31H26N2O4/c1-21-6-5-7-23(18-21)20-37-26-12-10-25(11-13-26)29(34)27-28(24-8-3-2-4-9-24)33(31(36)30(27)35)19-22-14-16-32-17-15-22/h2-18,28,34H,19-20H2,1H3/b29-27-. The molecule has 0 spiro atoms. The van der Waals surface area contributed by atoms with Gasteiger partial charge in [0.1, 0.15) is 18.1 Å². The Hall–Kier alpha value is -4.71. The second-order valence-corrected chi connectivity index (χ2v) is 9.00. The van der Waals surface area contributed by atoms with E-state index in [0.29, 0.717) is 17.9 Å². The van der Waals surface area contributed by atoms with E-state index in [1.807, 2.05) is 55.5 Å². The van der Waals surface area contributed by atoms with Crippen LogP contribution in [0.2, 0.25) is 0 Å². The van der Waals surface area contributed by atoms with E-state index in [9.17, 15) is 14.7 Å². The third-order valence-electron chi connectivity index (χ3n) is 6.37. The first-order chi connectivity index (χ1) is 18.0. The van der Waals surface area contributed by atoms with Gasteiger partial charge in [0.15, 0.2) is 0 Å². The van der Waals surface area contributed by atoms with Gasteiger partial charge in [0.2, 0.25) is 0 Å². The van der Waals surface area contributed by atoms with E-state index in [1.54, 1.807) is 48.8 Å². The van der Waals surface area contributed by atoms with Crippen molar-refractivity contribution >= 4 is 17.4 Å². The highest BCUT2D eigenvalue weighted by atomic mass is 16.5. The SMILES string of the molecule is Cc1cccc(COc2ccc(/C(O)=C3/C(=O)C(=O)N(Cc4ccncc4)C3c3ccccc3)cc2)c1. The number of aryl methyl sites for hydroxylation is 1. The van der Waals surface area contributed by atoms with Crippen LogP contribution >= 0.6 is 0 Å². The normalized spacial score (nSPS) is 16.7. The number of carbonyl (C=O) groups excluding carboxylic acids is 2. The van der Waals surface area contributed by atoms with Crippen LogP contribution in [0.15, 0.2) is 109 Å². The number of ketones is 1. The van der Waals surface area contributed by atoms with E-state index < -0.39 is 17.7 Å². The van der Waals surface area contributed by atoms with Crippen molar-refractivity contribution in [2.24, 2.45) is 0 Å². The number of carbonyl (C=O) groups is 2. The molecule has 1 fully saturated rings. The fourth-order valence-corrected chi connectivity index (χ4v) is 4.54. The summed E-state index contributed by atoms with van der Waals surface area (Å²) < 4.78 is 5.89. The molecule has 1 saturated heterocycles. The fourth-order valence-electron chi connectivity index (χ4n) is 4.54. The van der Waals surface area contributed by atoms with Crippen molar-refractivity contribution in [2.75, 3.05) is 0 Å². The molecule has 1 aliphatic rings. The number of aliphatic hydroxyl groups excluding tert-OH is 1. The van der Waals surface area contributed by atoms with Crippen molar-refractivity contribution in [1.29, 1.82) is 0 Å². The van der Waals surface area contributed by atoms with Crippen LogP contribution in [0.25, 0.3) is 5.76 Å². The number of aromatic nitrogens is 1. The molecule has 6 nitrogen and oxygen atoms in total. The number of nitrogens with zero attached hydrogens (tertiary/aromatic N) is 2. The number of likely N-dealkylation sites (tertiary alicyclic amines) is 1. The van der Waals surface area contributed by atoms with Crippen LogP contribution in [0.1, 0.15) is 33.9 Å². The van der Waals surface area contributed by atoms with Crippen LogP contribution in [-0.2, 0) is 22.7 Å². The summed E-state index contributed by atoms with van der Waals surface area (Å²) in [6.07, 6.45) is 3.29. The Balaban J connectivity index is 1.45. The third kappa shape index (κ3) is 5.14. The molecule has 1 aromatic heterocycles. The van der Waals surface area contributed by atoms with Crippen molar-refractivity contribution in [1.82, 2.24) is 9.88 Å². The van der Waals surface area contributed by atoms with Gasteiger partial charge in [0.05, 0.1) is 11.6 Å². The minimum absolute atomic E-state index is 0.0682. The lowest BCUT2D eigenvalue weighted by molar-refractivity contribution is -0.140. The van der Waals surface area contributed by atoms with Crippen LogP contribution in [0.4, 0.5) is 0 Å². The quantitative estimate of drug-likeness (QED) is 0.208. The maximum absolute atomic E-state index is 13.2. The average molecular weight is 491 g/mol. The number of rotatable bonds is 7. The minimum atomic E-state index is -0.716. The van der Waals surface area contributed by atoms with Gasteiger partial charge in [-0.25, -0.2) is 0 Å². The summed E-state index contributed by atoms with van der Waals surface area (Å²) in [6, 6.07) is 27.1. The minimum Gasteiger partial charge on any atom is -0.507 e. The summed E-state index contributed by atoms with van der Waals surface area (Å²) in [4.78, 5) is 31.9. The largest absolute Gasteiger partial charge is 0.507 e. The summed E-state index contributed by atoms with van der Waals surface area (Å²) in [6.45, 7) is 2.67. The van der Waals surface area contributed by atoms with Gasteiger partial charge in [-0.05, 0) is 60.0 Å². The smallest absolute Gasteiger partial charge is 0.295 e. The first-order valence-electron chi connectivity index (χ1n) is 12.0. The van der Waals surface area contributed by atoms with Crippen LogP contribution in [0, 0.1) is 6.92 Å². The van der Waals surface area contributed by atoms with Gasteiger partial charge in [0.25, 0.3) is 11.7 Å². The summed E-state index contributed by atoms with van der Waals surface area (Å²) in [5, 5.41) is 11.3. The molecule has 4 aromatic rings. The molecule has 3 aromatic carbocycles. The highest BCUT2D eigenvalue weighted by Crippen LogP contribution is 2.40. The van der Waals surface area contributed by atoms with Crippen LogP contribution in [0.5, 0.6) is 5.75 Å². The molecule has 1 aliphatic heterocycles. The molecule has 2 heterocycles. The molecule has 0 bridgehead atoms. The number of amides is 1. The van der Waals surface area contributed by atoms with E-state index in [1.165, 1.54) is 4.90 Å². The van der Waals surface area contributed by atoms with Crippen molar-refractivity contribution in [3.05, 3.63) is 137 Å². The number of benzene rings is 3. The fraction of sp³-hybridized carbons (Fsp3) is 0.129. The third-order valence-corrected chi connectivity index (χ3v) is 6.37. The Bertz CT molecular complexity index is 1450. The predicted molar refractivity (Wildman–Crippen MR) is 140 cm³/mol. The molecule has 1 unspecified atom stereocenters. The van der Waals surface area contributed by atoms with Gasteiger partial charge < -0.3 is 14.7 Å². The first-order valence-corrected chi connectivity index (χ1v) is 12.0. The highest BCUT2D eigenvalue weighted by molar-refractivity contribution is 6.46. The predicted octanol–water partition coefficient (Wildman–Crippen LogP) is 5.59. The molecule has 0 radical (unpaired) electrons. The number of ether oxygens (including phenoxy) is 1. The van der Waals surface area contributed by atoms with E-state index in [-0.39, 0.29) is 17.9 Å².